The molecule has 1 N–H and O–H groups in total. The van der Waals surface area contributed by atoms with Crippen LogP contribution in [0.3, 0.4) is 0 Å². The molecule has 0 unspecified atom stereocenters. The average molecular weight is 305 g/mol. The van der Waals surface area contributed by atoms with E-state index >= 15 is 0 Å². The molecule has 2 rings (SSSR count). The Balaban J connectivity index is 2.09. The van der Waals surface area contributed by atoms with E-state index in [1.807, 2.05) is 18.2 Å². The lowest BCUT2D eigenvalue weighted by Crippen LogP contribution is -2.18. The Hall–Kier alpha value is -1.43. The van der Waals surface area contributed by atoms with Crippen LogP contribution in [0, 0.1) is 0 Å². The van der Waals surface area contributed by atoms with Gasteiger partial charge < -0.3 is 15.0 Å². The molecule has 4 nitrogen and oxygen atoms in total. The van der Waals surface area contributed by atoms with Crippen LogP contribution in [-0.2, 0) is 17.7 Å². The van der Waals surface area contributed by atoms with Gasteiger partial charge in [0, 0.05) is 37.8 Å². The van der Waals surface area contributed by atoms with Crippen LogP contribution in [0.2, 0.25) is 0 Å². The molecule has 1 aromatic carbocycles. The lowest BCUT2D eigenvalue weighted by Gasteiger charge is -2.15. The molecule has 5 heteroatoms. The van der Waals surface area contributed by atoms with Gasteiger partial charge in [-0.25, -0.2) is 4.98 Å². The summed E-state index contributed by atoms with van der Waals surface area (Å²) in [5.74, 6) is 0. The van der Waals surface area contributed by atoms with Gasteiger partial charge in [-0.3, -0.25) is 0 Å². The predicted octanol–water partition coefficient (Wildman–Crippen LogP) is 3.21. The van der Waals surface area contributed by atoms with Crippen LogP contribution in [0.15, 0.2) is 30.3 Å². The average Bonchev–Trinajstić information content (AvgIpc) is 2.95. The smallest absolute Gasteiger partial charge is 0.190 e. The van der Waals surface area contributed by atoms with E-state index in [4.69, 9.17) is 9.72 Å². The first-order valence-corrected chi connectivity index (χ1v) is 8.05. The SMILES string of the molecule is CCc1nc(N(C)c2ccccc2)sc1CNCCOC. The number of nitrogens with one attached hydrogen (secondary N) is 1. The number of nitrogens with zero attached hydrogens (tertiary/aromatic N) is 2. The molecule has 0 aliphatic carbocycles. The Kier molecular flexibility index (Phi) is 6.17. The van der Waals surface area contributed by atoms with Gasteiger partial charge in [-0.05, 0) is 18.6 Å². The summed E-state index contributed by atoms with van der Waals surface area (Å²) >= 11 is 1.76. The molecular formula is C16H23N3OS. The second-order valence-electron chi connectivity index (χ2n) is 4.78. The van der Waals surface area contributed by atoms with E-state index in [0.717, 1.165) is 36.9 Å². The van der Waals surface area contributed by atoms with Crippen molar-refractivity contribution >= 4 is 22.2 Å². The summed E-state index contributed by atoms with van der Waals surface area (Å²) in [5.41, 5.74) is 2.34. The number of anilines is 2. The predicted molar refractivity (Wildman–Crippen MR) is 89.6 cm³/mol. The molecular weight excluding hydrogens is 282 g/mol. The van der Waals surface area contributed by atoms with Gasteiger partial charge >= 0.3 is 0 Å². The van der Waals surface area contributed by atoms with Gasteiger partial charge in [-0.2, -0.15) is 0 Å². The number of ether oxygens (including phenoxy) is 1. The molecule has 0 amide bonds. The van der Waals surface area contributed by atoms with Crippen molar-refractivity contribution in [3.8, 4) is 0 Å². The first kappa shape index (κ1) is 15.9. The van der Waals surface area contributed by atoms with E-state index in [1.165, 1.54) is 10.6 Å². The van der Waals surface area contributed by atoms with E-state index in [0.29, 0.717) is 0 Å². The molecule has 1 aromatic heterocycles. The maximum absolute atomic E-state index is 5.05. The third-order valence-corrected chi connectivity index (χ3v) is 4.47. The molecule has 0 fully saturated rings. The first-order chi connectivity index (χ1) is 10.3. The highest BCUT2D eigenvalue weighted by molar-refractivity contribution is 7.15. The van der Waals surface area contributed by atoms with E-state index in [-0.39, 0.29) is 0 Å². The number of para-hydroxylation sites is 1. The van der Waals surface area contributed by atoms with Crippen LogP contribution in [0.25, 0.3) is 0 Å². The summed E-state index contributed by atoms with van der Waals surface area (Å²) in [6.07, 6.45) is 0.959. The number of aryl methyl sites for hydroxylation is 1. The van der Waals surface area contributed by atoms with Crippen LogP contribution in [-0.4, -0.2) is 32.3 Å². The number of aromatic nitrogens is 1. The van der Waals surface area contributed by atoms with Crippen molar-refractivity contribution in [1.29, 1.82) is 0 Å². The van der Waals surface area contributed by atoms with Gasteiger partial charge in [-0.15, -0.1) is 0 Å². The molecule has 2 aromatic rings. The van der Waals surface area contributed by atoms with Gasteiger partial charge in [0.1, 0.15) is 0 Å². The maximum Gasteiger partial charge on any atom is 0.190 e. The number of hydrogen-bond donors (Lipinski definition) is 1. The highest BCUT2D eigenvalue weighted by Crippen LogP contribution is 2.30. The fourth-order valence-electron chi connectivity index (χ4n) is 2.07. The monoisotopic (exact) mass is 305 g/mol. The Morgan fingerprint density at radius 2 is 2.05 bits per heavy atom. The Labute approximate surface area is 130 Å². The van der Waals surface area contributed by atoms with E-state index in [9.17, 15) is 0 Å². The van der Waals surface area contributed by atoms with E-state index in [1.54, 1.807) is 18.4 Å². The van der Waals surface area contributed by atoms with Crippen molar-refractivity contribution in [3.05, 3.63) is 40.9 Å². The topological polar surface area (TPSA) is 37.4 Å². The molecule has 0 saturated carbocycles. The minimum Gasteiger partial charge on any atom is -0.383 e. The van der Waals surface area contributed by atoms with Crippen molar-refractivity contribution in [1.82, 2.24) is 10.3 Å². The molecule has 0 bridgehead atoms. The van der Waals surface area contributed by atoms with Crippen LogP contribution in [0.4, 0.5) is 10.8 Å². The quantitative estimate of drug-likeness (QED) is 0.760. The van der Waals surface area contributed by atoms with E-state index < -0.39 is 0 Å². The minimum absolute atomic E-state index is 0.733. The minimum atomic E-state index is 0.733. The van der Waals surface area contributed by atoms with Crippen LogP contribution >= 0.6 is 11.3 Å². The van der Waals surface area contributed by atoms with Gasteiger partial charge in [0.25, 0.3) is 0 Å². The summed E-state index contributed by atoms with van der Waals surface area (Å²) < 4.78 is 5.05. The Morgan fingerprint density at radius 3 is 2.71 bits per heavy atom. The molecule has 1 heterocycles. The van der Waals surface area contributed by atoms with Gasteiger partial charge in [0.15, 0.2) is 5.13 Å². The molecule has 0 aliphatic heterocycles. The summed E-state index contributed by atoms with van der Waals surface area (Å²) in [5, 5.41) is 4.44. The van der Waals surface area contributed by atoms with Gasteiger partial charge in [0.05, 0.1) is 12.3 Å². The van der Waals surface area contributed by atoms with Crippen LogP contribution in [0.5, 0.6) is 0 Å². The van der Waals surface area contributed by atoms with Crippen molar-refractivity contribution in [2.75, 3.05) is 32.2 Å². The number of methoxy groups -OCH3 is 1. The second-order valence-corrected chi connectivity index (χ2v) is 5.85. The molecule has 21 heavy (non-hydrogen) atoms. The summed E-state index contributed by atoms with van der Waals surface area (Å²) in [7, 11) is 3.79. The summed E-state index contributed by atoms with van der Waals surface area (Å²) in [6.45, 7) is 4.60. The molecule has 0 spiro atoms. The second kappa shape index (κ2) is 8.12. The van der Waals surface area contributed by atoms with Gasteiger partial charge in [0.2, 0.25) is 0 Å². The standard InChI is InChI=1S/C16H23N3OS/c1-4-14-15(12-17-10-11-20-3)21-16(18-14)19(2)13-8-6-5-7-9-13/h5-9,17H,4,10-12H2,1-3H3. The lowest BCUT2D eigenvalue weighted by molar-refractivity contribution is 0.199. The highest BCUT2D eigenvalue weighted by Gasteiger charge is 2.13. The summed E-state index contributed by atoms with van der Waals surface area (Å²) in [4.78, 5) is 8.23. The first-order valence-electron chi connectivity index (χ1n) is 7.23. The van der Waals surface area contributed by atoms with E-state index in [2.05, 4.69) is 36.3 Å². The number of hydrogen-bond acceptors (Lipinski definition) is 5. The number of benzene rings is 1. The number of rotatable bonds is 8. The maximum atomic E-state index is 5.05. The van der Waals surface area contributed by atoms with Crippen LogP contribution < -0.4 is 10.2 Å². The molecule has 0 atom stereocenters. The highest BCUT2D eigenvalue weighted by atomic mass is 32.1. The zero-order valence-electron chi connectivity index (χ0n) is 12.9. The molecule has 0 aliphatic rings. The third-order valence-electron chi connectivity index (χ3n) is 3.30. The Morgan fingerprint density at radius 1 is 1.29 bits per heavy atom. The fraction of sp³-hybridized carbons (Fsp3) is 0.438. The Bertz CT molecular complexity index is 542. The van der Waals surface area contributed by atoms with Crippen molar-refractivity contribution in [2.24, 2.45) is 0 Å². The normalized spacial score (nSPS) is 10.8. The fourth-order valence-corrected chi connectivity index (χ4v) is 3.17. The molecule has 114 valence electrons. The third kappa shape index (κ3) is 4.27. The number of thiazole rings is 1. The lowest BCUT2D eigenvalue weighted by atomic mass is 10.3. The van der Waals surface area contributed by atoms with Crippen LogP contribution in [0.1, 0.15) is 17.5 Å². The van der Waals surface area contributed by atoms with Crippen molar-refractivity contribution in [2.45, 2.75) is 19.9 Å². The van der Waals surface area contributed by atoms with Crippen molar-refractivity contribution < 1.29 is 4.74 Å². The molecule has 0 saturated heterocycles. The van der Waals surface area contributed by atoms with Crippen molar-refractivity contribution in [3.63, 3.8) is 0 Å². The zero-order valence-corrected chi connectivity index (χ0v) is 13.7. The molecule has 0 radical (unpaired) electrons. The summed E-state index contributed by atoms with van der Waals surface area (Å²) in [6, 6.07) is 10.3. The van der Waals surface area contributed by atoms with Gasteiger partial charge in [-0.1, -0.05) is 36.5 Å². The zero-order chi connectivity index (χ0) is 15.1. The largest absolute Gasteiger partial charge is 0.383 e.